The summed E-state index contributed by atoms with van der Waals surface area (Å²) in [6.07, 6.45) is 0.399. The van der Waals surface area contributed by atoms with Crippen molar-refractivity contribution in [2.24, 2.45) is 0 Å². The van der Waals surface area contributed by atoms with Gasteiger partial charge in [-0.2, -0.15) is 0 Å². The number of hydrogen-bond donors (Lipinski definition) is 0. The Morgan fingerprint density at radius 3 is 2.58 bits per heavy atom. The summed E-state index contributed by atoms with van der Waals surface area (Å²) < 4.78 is 0. The van der Waals surface area contributed by atoms with Gasteiger partial charge in [0.05, 0.1) is 23.7 Å². The maximum atomic E-state index is 12.6. The number of benzene rings is 1. The van der Waals surface area contributed by atoms with Crippen LogP contribution in [0.3, 0.4) is 0 Å². The molecule has 0 N–H and O–H groups in total. The van der Waals surface area contributed by atoms with E-state index >= 15 is 0 Å². The van der Waals surface area contributed by atoms with Crippen molar-refractivity contribution in [3.63, 3.8) is 0 Å². The topological polar surface area (TPSA) is 33.2 Å². The Hall–Kier alpha value is -1.98. The van der Waals surface area contributed by atoms with Gasteiger partial charge in [0, 0.05) is 22.4 Å². The zero-order valence-electron chi connectivity index (χ0n) is 14.1. The molecule has 0 aliphatic rings. The van der Waals surface area contributed by atoms with E-state index in [2.05, 4.69) is 42.2 Å². The van der Waals surface area contributed by atoms with Gasteiger partial charge in [0.15, 0.2) is 0 Å². The zero-order chi connectivity index (χ0) is 17.1. The van der Waals surface area contributed by atoms with Gasteiger partial charge in [-0.05, 0) is 25.3 Å². The lowest BCUT2D eigenvalue weighted by Crippen LogP contribution is -2.27. The number of carbonyl (C=O) groups excluding carboxylic acids is 1. The zero-order valence-corrected chi connectivity index (χ0v) is 15.7. The molecule has 124 valence electrons. The molecule has 3 aromatic rings. The van der Waals surface area contributed by atoms with Gasteiger partial charge >= 0.3 is 0 Å². The lowest BCUT2D eigenvalue weighted by Gasteiger charge is -2.16. The number of amides is 1. The minimum absolute atomic E-state index is 0.125. The third-order valence-electron chi connectivity index (χ3n) is 3.84. The lowest BCUT2D eigenvalue weighted by molar-refractivity contribution is -0.129. The van der Waals surface area contributed by atoms with Crippen molar-refractivity contribution >= 4 is 28.6 Å². The molecule has 0 atom stereocenters. The highest BCUT2D eigenvalue weighted by molar-refractivity contribution is 7.12. The molecule has 3 rings (SSSR count). The molecular formula is C19H20N2OS2. The van der Waals surface area contributed by atoms with Crippen LogP contribution in [0.15, 0.2) is 41.8 Å². The van der Waals surface area contributed by atoms with Gasteiger partial charge in [0.25, 0.3) is 0 Å². The van der Waals surface area contributed by atoms with Crippen molar-refractivity contribution in [3.05, 3.63) is 62.1 Å². The number of rotatable bonds is 5. The van der Waals surface area contributed by atoms with Gasteiger partial charge in [-0.1, -0.05) is 35.9 Å². The Bertz CT molecular complexity index is 820. The van der Waals surface area contributed by atoms with E-state index in [1.54, 1.807) is 27.6 Å². The smallest absolute Gasteiger partial charge is 0.227 e. The first-order valence-electron chi connectivity index (χ1n) is 7.82. The van der Waals surface area contributed by atoms with Gasteiger partial charge < -0.3 is 4.90 Å². The Balaban J connectivity index is 1.77. The predicted molar refractivity (Wildman–Crippen MR) is 102 cm³/mol. The summed E-state index contributed by atoms with van der Waals surface area (Å²) in [5.74, 6) is 0.125. The standard InChI is InChI=1S/C19H20N2OS2/c1-13-6-8-15(9-7-13)19-17(24-14(2)20-19)11-18(22)21(3)12-16-5-4-10-23-16/h4-10H,11-12H2,1-3H3. The third-order valence-corrected chi connectivity index (χ3v) is 5.67. The van der Waals surface area contributed by atoms with Crippen LogP contribution in [-0.2, 0) is 17.8 Å². The normalized spacial score (nSPS) is 10.8. The summed E-state index contributed by atoms with van der Waals surface area (Å²) in [5, 5.41) is 3.03. The first kappa shape index (κ1) is 16.9. The van der Waals surface area contributed by atoms with Crippen molar-refractivity contribution in [2.45, 2.75) is 26.8 Å². The van der Waals surface area contributed by atoms with E-state index in [1.807, 2.05) is 25.4 Å². The van der Waals surface area contributed by atoms with Gasteiger partial charge in [-0.15, -0.1) is 22.7 Å². The van der Waals surface area contributed by atoms with Crippen molar-refractivity contribution in [1.29, 1.82) is 0 Å². The second-order valence-corrected chi connectivity index (χ2v) is 8.20. The van der Waals surface area contributed by atoms with Crippen LogP contribution in [0.25, 0.3) is 11.3 Å². The fraction of sp³-hybridized carbons (Fsp3) is 0.263. The van der Waals surface area contributed by atoms with Crippen molar-refractivity contribution in [2.75, 3.05) is 7.05 Å². The molecule has 3 nitrogen and oxygen atoms in total. The molecule has 5 heteroatoms. The molecule has 0 radical (unpaired) electrons. The molecule has 1 aromatic carbocycles. The SMILES string of the molecule is Cc1ccc(-c2nc(C)sc2CC(=O)N(C)Cc2cccs2)cc1. The van der Waals surface area contributed by atoms with E-state index in [0.717, 1.165) is 21.1 Å². The van der Waals surface area contributed by atoms with Crippen LogP contribution in [0.5, 0.6) is 0 Å². The minimum atomic E-state index is 0.125. The summed E-state index contributed by atoms with van der Waals surface area (Å²) in [5.41, 5.74) is 3.24. The van der Waals surface area contributed by atoms with Crippen LogP contribution < -0.4 is 0 Å². The Kier molecular flexibility index (Phi) is 5.11. The number of hydrogen-bond acceptors (Lipinski definition) is 4. The molecule has 0 bridgehead atoms. The van der Waals surface area contributed by atoms with Gasteiger partial charge in [-0.25, -0.2) is 4.98 Å². The second-order valence-electron chi connectivity index (χ2n) is 5.88. The fourth-order valence-electron chi connectivity index (χ4n) is 2.52. The highest BCUT2D eigenvalue weighted by Crippen LogP contribution is 2.29. The number of aromatic nitrogens is 1. The van der Waals surface area contributed by atoms with E-state index < -0.39 is 0 Å². The molecule has 0 saturated heterocycles. The molecule has 2 aromatic heterocycles. The molecule has 2 heterocycles. The fourth-order valence-corrected chi connectivity index (χ4v) is 4.23. The van der Waals surface area contributed by atoms with Crippen LogP contribution in [0, 0.1) is 13.8 Å². The van der Waals surface area contributed by atoms with Crippen LogP contribution in [0.1, 0.15) is 20.3 Å². The van der Waals surface area contributed by atoms with E-state index in [1.165, 1.54) is 10.4 Å². The maximum Gasteiger partial charge on any atom is 0.227 e. The van der Waals surface area contributed by atoms with Crippen LogP contribution >= 0.6 is 22.7 Å². The third kappa shape index (κ3) is 3.91. The number of likely N-dealkylation sites (N-methyl/N-ethyl adjacent to an activating group) is 1. The molecule has 24 heavy (non-hydrogen) atoms. The molecule has 0 fully saturated rings. The Labute approximate surface area is 150 Å². The van der Waals surface area contributed by atoms with E-state index in [4.69, 9.17) is 0 Å². The van der Waals surface area contributed by atoms with Crippen LogP contribution in [0.4, 0.5) is 0 Å². The van der Waals surface area contributed by atoms with Crippen molar-refractivity contribution in [3.8, 4) is 11.3 Å². The molecule has 1 amide bonds. The number of aryl methyl sites for hydroxylation is 2. The highest BCUT2D eigenvalue weighted by atomic mass is 32.1. The first-order chi connectivity index (χ1) is 11.5. The molecular weight excluding hydrogens is 336 g/mol. The minimum Gasteiger partial charge on any atom is -0.340 e. The summed E-state index contributed by atoms with van der Waals surface area (Å²) in [6, 6.07) is 12.4. The highest BCUT2D eigenvalue weighted by Gasteiger charge is 2.17. The number of carbonyl (C=O) groups is 1. The maximum absolute atomic E-state index is 12.6. The summed E-state index contributed by atoms with van der Waals surface area (Å²) in [6.45, 7) is 4.72. The lowest BCUT2D eigenvalue weighted by atomic mass is 10.1. The average molecular weight is 357 g/mol. The first-order valence-corrected chi connectivity index (χ1v) is 9.52. The van der Waals surface area contributed by atoms with E-state index in [9.17, 15) is 4.79 Å². The Morgan fingerprint density at radius 1 is 1.17 bits per heavy atom. The predicted octanol–water partition coefficient (Wildman–Crippen LogP) is 4.69. The number of thiazole rings is 1. The monoisotopic (exact) mass is 356 g/mol. The quantitative estimate of drug-likeness (QED) is 0.664. The molecule has 0 spiro atoms. The molecule has 0 aliphatic carbocycles. The van der Waals surface area contributed by atoms with Crippen molar-refractivity contribution < 1.29 is 4.79 Å². The number of nitrogens with zero attached hydrogens (tertiary/aromatic N) is 2. The molecule has 0 aliphatic heterocycles. The summed E-state index contributed by atoms with van der Waals surface area (Å²) in [7, 11) is 1.86. The summed E-state index contributed by atoms with van der Waals surface area (Å²) >= 11 is 3.29. The molecule has 0 unspecified atom stereocenters. The molecule has 0 saturated carbocycles. The van der Waals surface area contributed by atoms with Crippen molar-refractivity contribution in [1.82, 2.24) is 9.88 Å². The van der Waals surface area contributed by atoms with E-state index in [0.29, 0.717) is 13.0 Å². The average Bonchev–Trinajstić information content (AvgIpc) is 3.18. The van der Waals surface area contributed by atoms with E-state index in [-0.39, 0.29) is 5.91 Å². The second kappa shape index (κ2) is 7.28. The van der Waals surface area contributed by atoms with Gasteiger partial charge in [0.2, 0.25) is 5.91 Å². The Morgan fingerprint density at radius 2 is 1.92 bits per heavy atom. The van der Waals surface area contributed by atoms with Crippen LogP contribution in [0.2, 0.25) is 0 Å². The van der Waals surface area contributed by atoms with Gasteiger partial charge in [0.1, 0.15) is 0 Å². The number of thiophene rings is 1. The summed E-state index contributed by atoms with van der Waals surface area (Å²) in [4.78, 5) is 21.3. The van der Waals surface area contributed by atoms with Crippen LogP contribution in [-0.4, -0.2) is 22.8 Å². The van der Waals surface area contributed by atoms with Gasteiger partial charge in [-0.3, -0.25) is 4.79 Å². The largest absolute Gasteiger partial charge is 0.340 e.